The van der Waals surface area contributed by atoms with E-state index in [1.54, 1.807) is 19.2 Å². The number of benzene rings is 2. The first kappa shape index (κ1) is 13.2. The van der Waals surface area contributed by atoms with Crippen LogP contribution in [0.5, 0.6) is 17.2 Å². The fourth-order valence-electron chi connectivity index (χ4n) is 1.81. The van der Waals surface area contributed by atoms with E-state index >= 15 is 0 Å². The Kier molecular flexibility index (Phi) is 4.26. The standard InChI is InChI=1S/C15H17NO3/c1-19-13-7-5-11(6-8-13)9-16-10-12-3-2-4-14(17)15(12)18/h2-8,16-18H,9-10H2,1H3. The van der Waals surface area contributed by atoms with Gasteiger partial charge in [-0.2, -0.15) is 0 Å². The summed E-state index contributed by atoms with van der Waals surface area (Å²) in [5, 5.41) is 22.3. The summed E-state index contributed by atoms with van der Waals surface area (Å²) in [7, 11) is 1.64. The van der Waals surface area contributed by atoms with Crippen LogP contribution in [0.1, 0.15) is 11.1 Å². The van der Waals surface area contributed by atoms with Gasteiger partial charge in [-0.15, -0.1) is 0 Å². The topological polar surface area (TPSA) is 61.7 Å². The van der Waals surface area contributed by atoms with Crippen molar-refractivity contribution in [2.75, 3.05) is 7.11 Å². The first-order chi connectivity index (χ1) is 9.20. The third-order valence-electron chi connectivity index (χ3n) is 2.90. The zero-order valence-electron chi connectivity index (χ0n) is 10.8. The summed E-state index contributed by atoms with van der Waals surface area (Å²) in [4.78, 5) is 0. The predicted molar refractivity (Wildman–Crippen MR) is 73.3 cm³/mol. The molecule has 0 spiro atoms. The van der Waals surface area contributed by atoms with Crippen LogP contribution in [0.2, 0.25) is 0 Å². The second-order valence-corrected chi connectivity index (χ2v) is 4.24. The Morgan fingerprint density at radius 2 is 1.74 bits per heavy atom. The number of methoxy groups -OCH3 is 1. The van der Waals surface area contributed by atoms with Gasteiger partial charge in [0.15, 0.2) is 11.5 Å². The summed E-state index contributed by atoms with van der Waals surface area (Å²) in [6.45, 7) is 1.17. The van der Waals surface area contributed by atoms with Crippen LogP contribution in [0, 0.1) is 0 Å². The van der Waals surface area contributed by atoms with E-state index in [-0.39, 0.29) is 11.5 Å². The van der Waals surface area contributed by atoms with Crippen LogP contribution in [-0.4, -0.2) is 17.3 Å². The first-order valence-electron chi connectivity index (χ1n) is 6.04. The van der Waals surface area contributed by atoms with E-state index in [2.05, 4.69) is 5.32 Å². The number of ether oxygens (including phenoxy) is 1. The molecule has 0 aliphatic carbocycles. The summed E-state index contributed by atoms with van der Waals surface area (Å²) in [5.41, 5.74) is 1.80. The van der Waals surface area contributed by atoms with E-state index in [1.165, 1.54) is 6.07 Å². The molecule has 0 unspecified atom stereocenters. The average Bonchev–Trinajstić information content (AvgIpc) is 2.44. The SMILES string of the molecule is COc1ccc(CNCc2cccc(O)c2O)cc1. The van der Waals surface area contributed by atoms with Crippen LogP contribution in [0.4, 0.5) is 0 Å². The number of hydrogen-bond donors (Lipinski definition) is 3. The molecule has 0 aliphatic heterocycles. The number of phenolic OH excluding ortho intramolecular Hbond substituents is 2. The minimum Gasteiger partial charge on any atom is -0.504 e. The largest absolute Gasteiger partial charge is 0.504 e. The molecule has 0 bridgehead atoms. The Morgan fingerprint density at radius 1 is 1.00 bits per heavy atom. The van der Waals surface area contributed by atoms with Crippen molar-refractivity contribution in [3.05, 3.63) is 53.6 Å². The first-order valence-corrected chi connectivity index (χ1v) is 6.04. The van der Waals surface area contributed by atoms with Gasteiger partial charge in [0.2, 0.25) is 0 Å². The lowest BCUT2D eigenvalue weighted by Gasteiger charge is -2.08. The normalized spacial score (nSPS) is 10.4. The van der Waals surface area contributed by atoms with Gasteiger partial charge in [-0.05, 0) is 23.8 Å². The average molecular weight is 259 g/mol. The van der Waals surface area contributed by atoms with E-state index in [0.29, 0.717) is 18.7 Å². The molecule has 0 heterocycles. The van der Waals surface area contributed by atoms with Gasteiger partial charge < -0.3 is 20.3 Å². The fraction of sp³-hybridized carbons (Fsp3) is 0.200. The van der Waals surface area contributed by atoms with Crippen LogP contribution >= 0.6 is 0 Å². The number of hydrogen-bond acceptors (Lipinski definition) is 4. The molecule has 19 heavy (non-hydrogen) atoms. The highest BCUT2D eigenvalue weighted by Crippen LogP contribution is 2.27. The van der Waals surface area contributed by atoms with Gasteiger partial charge >= 0.3 is 0 Å². The van der Waals surface area contributed by atoms with E-state index in [4.69, 9.17) is 4.74 Å². The molecule has 0 amide bonds. The fourth-order valence-corrected chi connectivity index (χ4v) is 1.81. The summed E-state index contributed by atoms with van der Waals surface area (Å²) in [5.74, 6) is 0.669. The lowest BCUT2D eigenvalue weighted by atomic mass is 10.1. The molecular formula is C15H17NO3. The van der Waals surface area contributed by atoms with Crippen LogP contribution in [0.15, 0.2) is 42.5 Å². The molecule has 0 fully saturated rings. The van der Waals surface area contributed by atoms with Crippen molar-refractivity contribution in [1.82, 2.24) is 5.32 Å². The number of para-hydroxylation sites is 1. The minimum atomic E-state index is -0.0938. The Labute approximate surface area is 112 Å². The molecule has 0 radical (unpaired) electrons. The number of nitrogens with one attached hydrogen (secondary N) is 1. The quantitative estimate of drug-likeness (QED) is 0.722. The Morgan fingerprint density at radius 3 is 2.42 bits per heavy atom. The third-order valence-corrected chi connectivity index (χ3v) is 2.90. The van der Waals surface area contributed by atoms with Crippen LogP contribution < -0.4 is 10.1 Å². The van der Waals surface area contributed by atoms with Crippen molar-refractivity contribution >= 4 is 0 Å². The second kappa shape index (κ2) is 6.11. The van der Waals surface area contributed by atoms with Gasteiger partial charge in [0.1, 0.15) is 5.75 Å². The maximum Gasteiger partial charge on any atom is 0.161 e. The molecule has 0 saturated carbocycles. The molecule has 2 aromatic carbocycles. The van der Waals surface area contributed by atoms with Gasteiger partial charge in [-0.25, -0.2) is 0 Å². The summed E-state index contributed by atoms with van der Waals surface area (Å²) in [6, 6.07) is 12.7. The van der Waals surface area contributed by atoms with Crippen molar-refractivity contribution in [3.63, 3.8) is 0 Å². The highest BCUT2D eigenvalue weighted by molar-refractivity contribution is 5.44. The molecule has 100 valence electrons. The van der Waals surface area contributed by atoms with Gasteiger partial charge in [-0.3, -0.25) is 0 Å². The van der Waals surface area contributed by atoms with Crippen molar-refractivity contribution in [2.45, 2.75) is 13.1 Å². The lowest BCUT2D eigenvalue weighted by Crippen LogP contribution is -2.12. The van der Waals surface area contributed by atoms with E-state index in [0.717, 1.165) is 11.3 Å². The van der Waals surface area contributed by atoms with E-state index in [1.807, 2.05) is 24.3 Å². The van der Waals surface area contributed by atoms with Crippen molar-refractivity contribution < 1.29 is 14.9 Å². The molecule has 4 nitrogen and oxygen atoms in total. The monoisotopic (exact) mass is 259 g/mol. The molecule has 0 aliphatic rings. The Hall–Kier alpha value is -2.20. The van der Waals surface area contributed by atoms with E-state index in [9.17, 15) is 10.2 Å². The summed E-state index contributed by atoms with van der Waals surface area (Å²) in [6.07, 6.45) is 0. The zero-order chi connectivity index (χ0) is 13.7. The minimum absolute atomic E-state index is 0.0651. The highest BCUT2D eigenvalue weighted by atomic mass is 16.5. The zero-order valence-corrected chi connectivity index (χ0v) is 10.8. The number of phenols is 2. The molecule has 0 atom stereocenters. The predicted octanol–water partition coefficient (Wildman–Crippen LogP) is 2.40. The van der Waals surface area contributed by atoms with Gasteiger partial charge in [0.05, 0.1) is 7.11 Å². The molecule has 0 aromatic heterocycles. The van der Waals surface area contributed by atoms with Crippen LogP contribution in [0.25, 0.3) is 0 Å². The number of aromatic hydroxyl groups is 2. The van der Waals surface area contributed by atoms with Crippen LogP contribution in [-0.2, 0) is 13.1 Å². The Balaban J connectivity index is 1.90. The third kappa shape index (κ3) is 3.39. The molecule has 0 saturated heterocycles. The van der Waals surface area contributed by atoms with E-state index < -0.39 is 0 Å². The smallest absolute Gasteiger partial charge is 0.161 e. The Bertz CT molecular complexity index is 538. The van der Waals surface area contributed by atoms with Crippen molar-refractivity contribution in [2.24, 2.45) is 0 Å². The summed E-state index contributed by atoms with van der Waals surface area (Å²) < 4.78 is 5.09. The van der Waals surface area contributed by atoms with Gasteiger partial charge in [0.25, 0.3) is 0 Å². The second-order valence-electron chi connectivity index (χ2n) is 4.24. The van der Waals surface area contributed by atoms with Crippen molar-refractivity contribution in [3.8, 4) is 17.2 Å². The van der Waals surface area contributed by atoms with Crippen LogP contribution in [0.3, 0.4) is 0 Å². The highest BCUT2D eigenvalue weighted by Gasteiger charge is 2.04. The molecule has 4 heteroatoms. The molecule has 3 N–H and O–H groups in total. The van der Waals surface area contributed by atoms with Gasteiger partial charge in [0, 0.05) is 18.7 Å². The molecular weight excluding hydrogens is 242 g/mol. The molecule has 2 rings (SSSR count). The lowest BCUT2D eigenvalue weighted by molar-refractivity contribution is 0.397. The number of rotatable bonds is 5. The maximum atomic E-state index is 9.66. The summed E-state index contributed by atoms with van der Waals surface area (Å²) >= 11 is 0. The molecule has 2 aromatic rings. The maximum absolute atomic E-state index is 9.66. The van der Waals surface area contributed by atoms with Gasteiger partial charge in [-0.1, -0.05) is 24.3 Å². The van der Waals surface area contributed by atoms with Crippen molar-refractivity contribution in [1.29, 1.82) is 0 Å².